The van der Waals surface area contributed by atoms with Gasteiger partial charge >= 0.3 is 6.09 Å². The van der Waals surface area contributed by atoms with Crippen LogP contribution in [0.25, 0.3) is 11.1 Å². The minimum absolute atomic E-state index is 0.0152. The van der Waals surface area contributed by atoms with Gasteiger partial charge in [0.05, 0.1) is 12.6 Å². The molecule has 4 rings (SSSR count). The molecule has 0 aliphatic carbocycles. The summed E-state index contributed by atoms with van der Waals surface area (Å²) >= 11 is 1.11. The Kier molecular flexibility index (Phi) is 6.82. The van der Waals surface area contributed by atoms with E-state index in [1.165, 1.54) is 6.07 Å². The monoisotopic (exact) mass is 505 g/mol. The van der Waals surface area contributed by atoms with Gasteiger partial charge in [-0.3, -0.25) is 0 Å². The molecule has 1 aliphatic rings. The molecule has 3 heterocycles. The first-order valence-corrected chi connectivity index (χ1v) is 13.6. The summed E-state index contributed by atoms with van der Waals surface area (Å²) in [4.78, 5) is 17.1. The molecule has 1 aromatic carbocycles. The van der Waals surface area contributed by atoms with Gasteiger partial charge in [-0.15, -0.1) is 11.3 Å². The van der Waals surface area contributed by atoms with Gasteiger partial charge in [0.2, 0.25) is 0 Å². The predicted molar refractivity (Wildman–Crippen MR) is 129 cm³/mol. The van der Waals surface area contributed by atoms with Crippen LogP contribution in [0, 0.1) is 18.7 Å². The van der Waals surface area contributed by atoms with Crippen LogP contribution in [-0.2, 0) is 27.6 Å². The van der Waals surface area contributed by atoms with Gasteiger partial charge in [0.1, 0.15) is 15.9 Å². The first-order chi connectivity index (χ1) is 16.1. The second-order valence-corrected chi connectivity index (χ2v) is 11.8. The van der Waals surface area contributed by atoms with Gasteiger partial charge in [-0.25, -0.2) is 27.3 Å². The number of imidazole rings is 1. The Morgan fingerprint density at radius 3 is 2.82 bits per heavy atom. The van der Waals surface area contributed by atoms with Crippen molar-refractivity contribution in [3.63, 3.8) is 0 Å². The third-order valence-corrected chi connectivity index (χ3v) is 9.06. The minimum Gasteiger partial charge on any atom is -0.449 e. The quantitative estimate of drug-likeness (QED) is 0.475. The fraction of sp³-hybridized carbons (Fsp3) is 0.417. The van der Waals surface area contributed by atoms with Gasteiger partial charge in [0.15, 0.2) is 0 Å². The average Bonchev–Trinajstić information content (AvgIpc) is 3.43. The van der Waals surface area contributed by atoms with Crippen molar-refractivity contribution in [2.24, 2.45) is 5.92 Å². The molecule has 0 bridgehead atoms. The predicted octanol–water partition coefficient (Wildman–Crippen LogP) is 5.23. The van der Waals surface area contributed by atoms with Crippen molar-refractivity contribution < 1.29 is 22.3 Å². The molecule has 0 saturated carbocycles. The summed E-state index contributed by atoms with van der Waals surface area (Å²) in [5.41, 5.74) is 2.19. The summed E-state index contributed by atoms with van der Waals surface area (Å²) in [6, 6.07) is 4.73. The second-order valence-electron chi connectivity index (χ2n) is 8.78. The lowest BCUT2D eigenvalue weighted by Crippen LogP contribution is -2.30. The Balaban J connectivity index is 1.78. The van der Waals surface area contributed by atoms with Gasteiger partial charge in [0, 0.05) is 34.8 Å². The van der Waals surface area contributed by atoms with Crippen molar-refractivity contribution in [3.8, 4) is 11.1 Å². The molecule has 1 atom stereocenters. The maximum Gasteiger partial charge on any atom is 0.421 e. The lowest BCUT2D eigenvalue weighted by Gasteiger charge is -2.16. The average molecular weight is 506 g/mol. The molecule has 0 unspecified atom stereocenters. The van der Waals surface area contributed by atoms with E-state index in [0.717, 1.165) is 40.4 Å². The zero-order valence-electron chi connectivity index (χ0n) is 19.6. The Morgan fingerprint density at radius 1 is 1.38 bits per heavy atom. The number of nitrogens with one attached hydrogen (secondary N) is 1. The highest BCUT2D eigenvalue weighted by molar-refractivity contribution is 7.92. The van der Waals surface area contributed by atoms with Gasteiger partial charge in [-0.2, -0.15) is 0 Å². The summed E-state index contributed by atoms with van der Waals surface area (Å²) in [6.45, 7) is 7.57. The van der Waals surface area contributed by atoms with Crippen molar-refractivity contribution in [2.45, 2.75) is 57.2 Å². The maximum absolute atomic E-state index is 15.4. The Hall–Kier alpha value is -2.72. The number of aryl methyl sites for hydroxylation is 1. The van der Waals surface area contributed by atoms with Crippen molar-refractivity contribution in [1.82, 2.24) is 14.3 Å². The van der Waals surface area contributed by atoms with Crippen LogP contribution in [0.4, 0.5) is 9.18 Å². The molecular formula is C24H28FN3O4S2. The van der Waals surface area contributed by atoms with E-state index in [-0.39, 0.29) is 16.9 Å². The van der Waals surface area contributed by atoms with Crippen molar-refractivity contribution in [2.75, 3.05) is 6.61 Å². The third-order valence-electron chi connectivity index (χ3n) is 5.92. The third kappa shape index (κ3) is 4.61. The highest BCUT2D eigenvalue weighted by Gasteiger charge is 2.30. The number of carbonyl (C=O) groups excluding carboxylic acids is 1. The zero-order valence-corrected chi connectivity index (χ0v) is 21.2. The van der Waals surface area contributed by atoms with Crippen LogP contribution in [0.2, 0.25) is 0 Å². The van der Waals surface area contributed by atoms with E-state index in [1.54, 1.807) is 25.3 Å². The Labute approximate surface area is 203 Å². The van der Waals surface area contributed by atoms with Gasteiger partial charge in [-0.05, 0) is 49.8 Å². The number of rotatable bonds is 7. The van der Waals surface area contributed by atoms with Gasteiger partial charge in [0.25, 0.3) is 10.0 Å². The van der Waals surface area contributed by atoms with Crippen LogP contribution in [0.3, 0.4) is 0 Å². The van der Waals surface area contributed by atoms with E-state index >= 15 is 4.39 Å². The molecule has 0 spiro atoms. The molecule has 0 fully saturated rings. The Bertz CT molecular complexity index is 1330. The van der Waals surface area contributed by atoms with Gasteiger partial charge in [-0.1, -0.05) is 26.0 Å². The van der Waals surface area contributed by atoms with Crippen molar-refractivity contribution >= 4 is 27.5 Å². The van der Waals surface area contributed by atoms with E-state index in [0.29, 0.717) is 29.0 Å². The first-order valence-electron chi connectivity index (χ1n) is 11.3. The number of thiophene rings is 1. The van der Waals surface area contributed by atoms with Crippen LogP contribution < -0.4 is 4.72 Å². The molecule has 10 heteroatoms. The number of halogens is 1. The molecule has 1 aliphatic heterocycles. The van der Waals surface area contributed by atoms with E-state index in [4.69, 9.17) is 4.74 Å². The minimum atomic E-state index is -4.21. The van der Waals surface area contributed by atoms with Gasteiger partial charge < -0.3 is 9.30 Å². The normalized spacial score (nSPS) is 15.5. The summed E-state index contributed by atoms with van der Waals surface area (Å²) < 4.78 is 50.4. The summed E-state index contributed by atoms with van der Waals surface area (Å²) in [6.07, 6.45) is 4.75. The smallest absolute Gasteiger partial charge is 0.421 e. The number of hydrogen-bond donors (Lipinski definition) is 1. The standard InChI is InChI=1S/C24H28FN3O4S2/c1-5-32-24(29)27-34(30,31)23-22(15(4)20(33-23)12-14(2)3)16-6-7-17(18(25)13-16)19-8-9-21-26-10-11-28(19)21/h6-7,10-11,13-14,19H,5,8-9,12H2,1-4H3,(H,27,29)/t19-/m0/s1. The summed E-state index contributed by atoms with van der Waals surface area (Å²) in [5, 5.41) is 0. The zero-order chi connectivity index (χ0) is 24.6. The molecule has 2 aromatic heterocycles. The van der Waals surface area contributed by atoms with Crippen molar-refractivity contribution in [3.05, 3.63) is 58.2 Å². The number of amides is 1. The van der Waals surface area contributed by atoms with Crippen LogP contribution in [0.5, 0.6) is 0 Å². The number of benzene rings is 1. The largest absolute Gasteiger partial charge is 0.449 e. The van der Waals surface area contributed by atoms with Crippen LogP contribution in [0.1, 0.15) is 55.1 Å². The second kappa shape index (κ2) is 9.50. The summed E-state index contributed by atoms with van der Waals surface area (Å²) in [5.74, 6) is 0.824. The van der Waals surface area contributed by atoms with Crippen LogP contribution in [-0.4, -0.2) is 30.7 Å². The molecule has 34 heavy (non-hydrogen) atoms. The van der Waals surface area contributed by atoms with E-state index in [2.05, 4.69) is 4.98 Å². The fourth-order valence-corrected chi connectivity index (χ4v) is 7.47. The Morgan fingerprint density at radius 2 is 2.15 bits per heavy atom. The highest BCUT2D eigenvalue weighted by Crippen LogP contribution is 2.42. The molecule has 3 aromatic rings. The molecule has 182 valence electrons. The van der Waals surface area contributed by atoms with E-state index in [9.17, 15) is 13.2 Å². The SMILES string of the molecule is CCOC(=O)NS(=O)(=O)c1sc(CC(C)C)c(C)c1-c1ccc([C@@H]2CCc3nccn32)c(F)c1. The number of aromatic nitrogens is 2. The maximum atomic E-state index is 15.4. The summed E-state index contributed by atoms with van der Waals surface area (Å²) in [7, 11) is -4.21. The number of carbonyl (C=O) groups is 1. The van der Waals surface area contributed by atoms with Crippen LogP contribution >= 0.6 is 11.3 Å². The molecular weight excluding hydrogens is 477 g/mol. The topological polar surface area (TPSA) is 90.3 Å². The lowest BCUT2D eigenvalue weighted by atomic mass is 9.97. The lowest BCUT2D eigenvalue weighted by molar-refractivity contribution is 0.158. The molecule has 1 N–H and O–H groups in total. The number of fused-ring (bicyclic) bond motifs is 1. The molecule has 1 amide bonds. The van der Waals surface area contributed by atoms with E-state index < -0.39 is 21.9 Å². The van der Waals surface area contributed by atoms with E-state index in [1.807, 2.05) is 36.3 Å². The number of sulfonamides is 1. The molecule has 0 radical (unpaired) electrons. The molecule has 7 nitrogen and oxygen atoms in total. The highest BCUT2D eigenvalue weighted by atomic mass is 32.2. The fourth-order valence-electron chi connectivity index (χ4n) is 4.42. The first kappa shape index (κ1) is 24.4. The van der Waals surface area contributed by atoms with Crippen molar-refractivity contribution in [1.29, 1.82) is 0 Å². The molecule has 0 saturated heterocycles. The number of ether oxygens (including phenoxy) is 1. The van der Waals surface area contributed by atoms with Crippen LogP contribution in [0.15, 0.2) is 34.8 Å². The number of hydrogen-bond acceptors (Lipinski definition) is 6. The number of nitrogens with zero attached hydrogens (tertiary/aromatic N) is 2.